The van der Waals surface area contributed by atoms with Crippen LogP contribution in [0.3, 0.4) is 0 Å². The minimum absolute atomic E-state index is 0.600. The molecule has 0 bridgehead atoms. The molecule has 15 aromatic rings. The highest BCUT2D eigenvalue weighted by Crippen LogP contribution is 2.43. The molecular weight excluding hydrogens is 869 g/mol. The smallest absolute Gasteiger partial charge is 0.164 e. The second-order valence-electron chi connectivity index (χ2n) is 17.5. The summed E-state index contributed by atoms with van der Waals surface area (Å²) < 4.78 is 13.8. The first kappa shape index (κ1) is 37.7. The van der Waals surface area contributed by atoms with Crippen molar-refractivity contribution in [3.05, 3.63) is 206 Å². The number of aromatic nitrogens is 4. The third kappa shape index (κ3) is 5.76. The maximum Gasteiger partial charge on any atom is 0.164 e. The van der Waals surface area contributed by atoms with Crippen LogP contribution < -0.4 is 0 Å². The van der Waals surface area contributed by atoms with Crippen molar-refractivity contribution in [2.24, 2.45) is 0 Å². The molecule has 5 aromatic heterocycles. The van der Waals surface area contributed by atoms with Crippen molar-refractivity contribution < 1.29 is 4.42 Å². The molecule has 0 aliphatic carbocycles. The third-order valence-corrected chi connectivity index (χ3v) is 15.9. The van der Waals surface area contributed by atoms with E-state index < -0.39 is 0 Å². The predicted molar refractivity (Wildman–Crippen MR) is 286 cm³/mol. The van der Waals surface area contributed by atoms with E-state index in [4.69, 9.17) is 19.4 Å². The van der Waals surface area contributed by atoms with Gasteiger partial charge in [0.05, 0.1) is 11.0 Å². The minimum Gasteiger partial charge on any atom is -0.456 e. The van der Waals surface area contributed by atoms with Gasteiger partial charge in [-0.05, 0) is 125 Å². The molecule has 0 unspecified atom stereocenters. The van der Waals surface area contributed by atoms with Crippen LogP contribution in [-0.4, -0.2) is 19.5 Å². The van der Waals surface area contributed by atoms with Crippen molar-refractivity contribution in [3.8, 4) is 51.0 Å². The number of fused-ring (bicyclic) bond motifs is 13. The van der Waals surface area contributed by atoms with Crippen LogP contribution in [0.25, 0.3) is 146 Å². The molecule has 5 nitrogen and oxygen atoms in total. The number of benzene rings is 10. The van der Waals surface area contributed by atoms with E-state index >= 15 is 0 Å². The Morgan fingerprint density at radius 2 is 0.868 bits per heavy atom. The molecule has 68 heavy (non-hydrogen) atoms. The second-order valence-corrected chi connectivity index (χ2v) is 19.7. The van der Waals surface area contributed by atoms with Crippen LogP contribution in [0.5, 0.6) is 0 Å². The van der Waals surface area contributed by atoms with Crippen LogP contribution in [0, 0.1) is 0 Å². The number of hydrogen-bond acceptors (Lipinski definition) is 6. The Morgan fingerprint density at radius 1 is 0.324 bits per heavy atom. The van der Waals surface area contributed by atoms with Gasteiger partial charge in [-0.3, -0.25) is 0 Å². The van der Waals surface area contributed by atoms with Gasteiger partial charge in [0.1, 0.15) is 11.2 Å². The maximum absolute atomic E-state index is 6.37. The monoisotopic (exact) mass is 902 g/mol. The molecule has 0 aliphatic heterocycles. The van der Waals surface area contributed by atoms with Crippen molar-refractivity contribution in [2.45, 2.75) is 0 Å². The van der Waals surface area contributed by atoms with E-state index in [0.29, 0.717) is 17.5 Å². The van der Waals surface area contributed by atoms with Crippen molar-refractivity contribution in [1.82, 2.24) is 19.5 Å². The van der Waals surface area contributed by atoms with Crippen LogP contribution in [0.15, 0.2) is 211 Å². The number of nitrogens with zero attached hydrogens (tertiary/aromatic N) is 4. The van der Waals surface area contributed by atoms with Crippen molar-refractivity contribution in [3.63, 3.8) is 0 Å². The van der Waals surface area contributed by atoms with Gasteiger partial charge in [0.15, 0.2) is 17.5 Å². The second kappa shape index (κ2) is 14.5. The van der Waals surface area contributed by atoms with Crippen LogP contribution in [0.2, 0.25) is 0 Å². The Balaban J connectivity index is 1.00. The minimum atomic E-state index is 0.600. The zero-order valence-electron chi connectivity index (χ0n) is 36.1. The van der Waals surface area contributed by atoms with Gasteiger partial charge in [-0.1, -0.05) is 103 Å². The van der Waals surface area contributed by atoms with Crippen molar-refractivity contribution in [2.75, 3.05) is 0 Å². The number of thiophene rings is 2. The Labute approximate surface area is 396 Å². The Bertz CT molecular complexity index is 4460. The molecule has 0 fully saturated rings. The molecule has 0 radical (unpaired) electrons. The van der Waals surface area contributed by atoms with Crippen molar-refractivity contribution in [1.29, 1.82) is 0 Å². The lowest BCUT2D eigenvalue weighted by Gasteiger charge is -2.16. The normalized spacial score (nSPS) is 12.1. The van der Waals surface area contributed by atoms with Gasteiger partial charge in [0.25, 0.3) is 0 Å². The van der Waals surface area contributed by atoms with Crippen LogP contribution in [0.4, 0.5) is 0 Å². The van der Waals surface area contributed by atoms with Crippen LogP contribution in [-0.2, 0) is 0 Å². The highest BCUT2D eigenvalue weighted by atomic mass is 32.1. The lowest BCUT2D eigenvalue weighted by Crippen LogP contribution is -2.02. The van der Waals surface area contributed by atoms with Gasteiger partial charge >= 0.3 is 0 Å². The van der Waals surface area contributed by atoms with E-state index in [1.807, 2.05) is 34.8 Å². The summed E-state index contributed by atoms with van der Waals surface area (Å²) in [6, 6.07) is 74.0. The Morgan fingerprint density at radius 3 is 1.59 bits per heavy atom. The van der Waals surface area contributed by atoms with E-state index in [9.17, 15) is 0 Å². The molecule has 15 rings (SSSR count). The van der Waals surface area contributed by atoms with E-state index in [1.165, 1.54) is 61.9 Å². The van der Waals surface area contributed by atoms with Gasteiger partial charge in [-0.2, -0.15) is 0 Å². The van der Waals surface area contributed by atoms with Gasteiger partial charge in [0.2, 0.25) is 0 Å². The molecular formula is C61H34N4OS2. The summed E-state index contributed by atoms with van der Waals surface area (Å²) in [7, 11) is 0. The summed E-state index contributed by atoms with van der Waals surface area (Å²) in [6.07, 6.45) is 0. The van der Waals surface area contributed by atoms with Gasteiger partial charge in [0, 0.05) is 84.3 Å². The molecule has 0 amide bonds. The molecule has 5 heterocycles. The molecule has 0 N–H and O–H groups in total. The number of rotatable bonds is 5. The van der Waals surface area contributed by atoms with E-state index in [-0.39, 0.29) is 0 Å². The number of furan rings is 1. The zero-order valence-corrected chi connectivity index (χ0v) is 37.8. The topological polar surface area (TPSA) is 56.7 Å². The lowest BCUT2D eigenvalue weighted by atomic mass is 9.96. The molecule has 0 saturated carbocycles. The fraction of sp³-hybridized carbons (Fsp3) is 0. The predicted octanol–water partition coefficient (Wildman–Crippen LogP) is 17.4. The van der Waals surface area contributed by atoms with Gasteiger partial charge in [-0.25, -0.2) is 15.0 Å². The quantitative estimate of drug-likeness (QED) is 0.173. The van der Waals surface area contributed by atoms with Crippen LogP contribution >= 0.6 is 22.7 Å². The first-order valence-corrected chi connectivity index (χ1v) is 24.4. The average Bonchev–Trinajstić information content (AvgIpc) is 4.16. The average molecular weight is 903 g/mol. The standard InChI is InChI=1S/C61H34N4OS2/c1-2-12-36-33-52-47(29-35(36)11-1)41-13-3-7-17-51(41)65(52)40-24-25-45(46(34-40)37-21-26-54-48(30-37)42-14-4-8-18-53(42)66-54)61-63-59(38-22-27-57-49(31-38)43-15-5-9-19-55(43)67-57)62-60(64-61)39-23-28-58-50(32-39)44-16-6-10-20-56(44)68-58/h1-34H. The summed E-state index contributed by atoms with van der Waals surface area (Å²) in [5, 5.41) is 11.8. The number of para-hydroxylation sites is 2. The zero-order chi connectivity index (χ0) is 44.5. The molecule has 10 aromatic carbocycles. The van der Waals surface area contributed by atoms with Crippen LogP contribution in [0.1, 0.15) is 0 Å². The highest BCUT2D eigenvalue weighted by molar-refractivity contribution is 7.26. The van der Waals surface area contributed by atoms with Gasteiger partial charge in [-0.15, -0.1) is 22.7 Å². The molecule has 0 saturated heterocycles. The largest absolute Gasteiger partial charge is 0.456 e. The summed E-state index contributed by atoms with van der Waals surface area (Å²) in [6.45, 7) is 0. The Kier molecular flexibility index (Phi) is 8.04. The summed E-state index contributed by atoms with van der Waals surface area (Å²) in [4.78, 5) is 16.2. The molecule has 316 valence electrons. The Hall–Kier alpha value is -8.49. The molecule has 0 aliphatic rings. The van der Waals surface area contributed by atoms with E-state index in [1.54, 1.807) is 0 Å². The molecule has 0 spiro atoms. The first-order chi connectivity index (χ1) is 33.6. The lowest BCUT2D eigenvalue weighted by molar-refractivity contribution is 0.669. The first-order valence-electron chi connectivity index (χ1n) is 22.7. The maximum atomic E-state index is 6.37. The van der Waals surface area contributed by atoms with Crippen molar-refractivity contribution >= 4 is 118 Å². The van der Waals surface area contributed by atoms with Gasteiger partial charge < -0.3 is 8.98 Å². The summed E-state index contributed by atoms with van der Waals surface area (Å²) in [5.41, 5.74) is 9.87. The molecule has 7 heteroatoms. The third-order valence-electron chi connectivity index (χ3n) is 13.6. The van der Waals surface area contributed by atoms with E-state index in [2.05, 4.69) is 199 Å². The molecule has 0 atom stereocenters. The van der Waals surface area contributed by atoms with E-state index in [0.717, 1.165) is 66.5 Å². The summed E-state index contributed by atoms with van der Waals surface area (Å²) in [5.74, 6) is 1.85. The number of hydrogen-bond donors (Lipinski definition) is 0. The fourth-order valence-corrected chi connectivity index (χ4v) is 12.6. The highest BCUT2D eigenvalue weighted by Gasteiger charge is 2.21. The summed E-state index contributed by atoms with van der Waals surface area (Å²) >= 11 is 3.62. The fourth-order valence-electron chi connectivity index (χ4n) is 10.4. The SMILES string of the molecule is c1ccc2cc3c(cc2c1)c1ccccc1n3-c1ccc(-c2nc(-c3ccc4sc5ccccc5c4c3)nc(-c3ccc4sc5ccccc5c4c3)n2)c(-c2ccc3oc4ccccc4c3c2)c1.